The van der Waals surface area contributed by atoms with Gasteiger partial charge in [0.05, 0.1) is 3.79 Å². The van der Waals surface area contributed by atoms with Gasteiger partial charge in [-0.3, -0.25) is 0 Å². The van der Waals surface area contributed by atoms with Gasteiger partial charge in [-0.15, -0.1) is 11.3 Å². The van der Waals surface area contributed by atoms with E-state index in [4.69, 9.17) is 0 Å². The molecule has 0 fully saturated rings. The molecule has 0 bridgehead atoms. The second-order valence-corrected chi connectivity index (χ2v) is 6.99. The van der Waals surface area contributed by atoms with E-state index in [0.717, 1.165) is 13.0 Å². The van der Waals surface area contributed by atoms with Crippen LogP contribution in [0.25, 0.3) is 0 Å². The Kier molecular flexibility index (Phi) is 4.98. The Morgan fingerprint density at radius 1 is 1.22 bits per heavy atom. The first-order valence-electron chi connectivity index (χ1n) is 6.20. The summed E-state index contributed by atoms with van der Waals surface area (Å²) >= 11 is 5.31. The van der Waals surface area contributed by atoms with E-state index in [0.29, 0.717) is 6.04 Å². The fourth-order valence-electron chi connectivity index (χ4n) is 1.98. The summed E-state index contributed by atoms with van der Waals surface area (Å²) in [4.78, 5) is 1.38. The maximum absolute atomic E-state index is 3.58. The van der Waals surface area contributed by atoms with Crippen molar-refractivity contribution in [2.24, 2.45) is 0 Å². The third-order valence-electron chi connectivity index (χ3n) is 3.13. The molecule has 96 valence electrons. The van der Waals surface area contributed by atoms with Crippen molar-refractivity contribution in [2.45, 2.75) is 26.3 Å². The maximum atomic E-state index is 3.58. The van der Waals surface area contributed by atoms with Gasteiger partial charge in [0.2, 0.25) is 0 Å². The monoisotopic (exact) mass is 323 g/mol. The molecule has 2 aromatic rings. The molecule has 0 amide bonds. The van der Waals surface area contributed by atoms with Crippen LogP contribution in [0.5, 0.6) is 0 Å². The van der Waals surface area contributed by atoms with Crippen LogP contribution in [0.3, 0.4) is 0 Å². The molecular weight excluding hydrogens is 306 g/mol. The van der Waals surface area contributed by atoms with Crippen molar-refractivity contribution in [2.75, 3.05) is 6.54 Å². The van der Waals surface area contributed by atoms with Crippen LogP contribution in [0, 0.1) is 6.92 Å². The molecule has 1 atom stereocenters. The lowest BCUT2D eigenvalue weighted by molar-refractivity contribution is 0.584. The first kappa shape index (κ1) is 13.8. The van der Waals surface area contributed by atoms with Gasteiger partial charge in [0.25, 0.3) is 0 Å². The number of aryl methyl sites for hydroxylation is 1. The van der Waals surface area contributed by atoms with Crippen molar-refractivity contribution < 1.29 is 0 Å². The van der Waals surface area contributed by atoms with Crippen LogP contribution in [0.1, 0.15) is 29.0 Å². The number of hydrogen-bond donors (Lipinski definition) is 1. The smallest absolute Gasteiger partial charge is 0.0701 e. The summed E-state index contributed by atoms with van der Waals surface area (Å²) in [5.41, 5.74) is 2.82. The maximum Gasteiger partial charge on any atom is 0.0701 e. The second-order valence-electron chi connectivity index (χ2n) is 4.49. The number of nitrogens with one attached hydrogen (secondary N) is 1. The Labute approximate surface area is 121 Å². The molecular formula is C15H18BrNS. The topological polar surface area (TPSA) is 12.0 Å². The highest BCUT2D eigenvalue weighted by atomic mass is 79.9. The van der Waals surface area contributed by atoms with Crippen LogP contribution in [0.4, 0.5) is 0 Å². The summed E-state index contributed by atoms with van der Waals surface area (Å²) in [5, 5.41) is 3.58. The molecule has 1 N–H and O–H groups in total. The van der Waals surface area contributed by atoms with Crippen molar-refractivity contribution >= 4 is 27.3 Å². The summed E-state index contributed by atoms with van der Waals surface area (Å²) in [6.45, 7) is 5.41. The molecule has 0 radical (unpaired) electrons. The predicted octanol–water partition coefficient (Wildman–Crippen LogP) is 4.71. The van der Waals surface area contributed by atoms with Crippen LogP contribution in [-0.4, -0.2) is 6.54 Å². The molecule has 0 aliphatic rings. The van der Waals surface area contributed by atoms with Gasteiger partial charge in [0, 0.05) is 10.9 Å². The average Bonchev–Trinajstić information content (AvgIpc) is 2.78. The summed E-state index contributed by atoms with van der Waals surface area (Å²) in [7, 11) is 0. The van der Waals surface area contributed by atoms with Gasteiger partial charge in [-0.25, -0.2) is 0 Å². The SMILES string of the molecule is Cc1ccccc1CCNC(C)c1ccc(Br)s1. The number of benzene rings is 1. The molecule has 3 heteroatoms. The molecule has 0 saturated heterocycles. The standard InChI is InChI=1S/C15H18BrNS/c1-11-5-3-4-6-13(11)9-10-17-12(2)14-7-8-15(16)18-14/h3-8,12,17H,9-10H2,1-2H3. The molecule has 1 heterocycles. The molecule has 1 aromatic carbocycles. The van der Waals surface area contributed by atoms with Crippen LogP contribution in [-0.2, 0) is 6.42 Å². The minimum Gasteiger partial charge on any atom is -0.309 e. The van der Waals surface area contributed by atoms with Crippen LogP contribution in [0.15, 0.2) is 40.2 Å². The van der Waals surface area contributed by atoms with Crippen LogP contribution in [0.2, 0.25) is 0 Å². The van der Waals surface area contributed by atoms with Crippen molar-refractivity contribution in [3.63, 3.8) is 0 Å². The van der Waals surface area contributed by atoms with E-state index in [9.17, 15) is 0 Å². The Bertz CT molecular complexity index is 507. The normalized spacial score (nSPS) is 12.6. The third-order valence-corrected chi connectivity index (χ3v) is 4.93. The molecule has 0 aliphatic carbocycles. The van der Waals surface area contributed by atoms with Gasteiger partial charge in [0.15, 0.2) is 0 Å². The number of halogens is 1. The molecule has 1 unspecified atom stereocenters. The van der Waals surface area contributed by atoms with Crippen molar-refractivity contribution in [1.29, 1.82) is 0 Å². The zero-order valence-corrected chi connectivity index (χ0v) is 13.1. The fourth-order valence-corrected chi connectivity index (χ4v) is 3.43. The molecule has 2 rings (SSSR count). The summed E-state index contributed by atoms with van der Waals surface area (Å²) in [6.07, 6.45) is 1.09. The molecule has 0 spiro atoms. The molecule has 0 saturated carbocycles. The van der Waals surface area contributed by atoms with E-state index >= 15 is 0 Å². The first-order valence-corrected chi connectivity index (χ1v) is 7.81. The largest absolute Gasteiger partial charge is 0.309 e. The highest BCUT2D eigenvalue weighted by Gasteiger charge is 2.07. The van der Waals surface area contributed by atoms with Gasteiger partial charge < -0.3 is 5.32 Å². The lowest BCUT2D eigenvalue weighted by Crippen LogP contribution is -2.20. The number of hydrogen-bond acceptors (Lipinski definition) is 2. The molecule has 0 aliphatic heterocycles. The van der Waals surface area contributed by atoms with Crippen molar-refractivity contribution in [3.05, 3.63) is 56.2 Å². The number of rotatable bonds is 5. The summed E-state index contributed by atoms with van der Waals surface area (Å²) < 4.78 is 1.20. The zero-order valence-electron chi connectivity index (χ0n) is 10.7. The van der Waals surface area contributed by atoms with Gasteiger partial charge in [-0.05, 0) is 66.0 Å². The highest BCUT2D eigenvalue weighted by molar-refractivity contribution is 9.11. The highest BCUT2D eigenvalue weighted by Crippen LogP contribution is 2.26. The Morgan fingerprint density at radius 2 is 2.00 bits per heavy atom. The molecule has 18 heavy (non-hydrogen) atoms. The summed E-state index contributed by atoms with van der Waals surface area (Å²) in [5.74, 6) is 0. The minimum absolute atomic E-state index is 0.422. The van der Waals surface area contributed by atoms with E-state index < -0.39 is 0 Å². The van der Waals surface area contributed by atoms with E-state index in [2.05, 4.69) is 71.5 Å². The molecule has 1 aromatic heterocycles. The van der Waals surface area contributed by atoms with Crippen LogP contribution < -0.4 is 5.32 Å². The van der Waals surface area contributed by atoms with E-state index in [1.807, 2.05) is 0 Å². The van der Waals surface area contributed by atoms with Gasteiger partial charge in [-0.1, -0.05) is 24.3 Å². The van der Waals surface area contributed by atoms with E-state index in [1.54, 1.807) is 11.3 Å². The fraction of sp³-hybridized carbons (Fsp3) is 0.333. The van der Waals surface area contributed by atoms with Crippen molar-refractivity contribution in [3.8, 4) is 0 Å². The van der Waals surface area contributed by atoms with E-state index in [-0.39, 0.29) is 0 Å². The quantitative estimate of drug-likeness (QED) is 0.840. The Morgan fingerprint density at radius 3 is 2.67 bits per heavy atom. The van der Waals surface area contributed by atoms with Gasteiger partial charge >= 0.3 is 0 Å². The first-order chi connectivity index (χ1) is 8.66. The molecule has 1 nitrogen and oxygen atoms in total. The lowest BCUT2D eigenvalue weighted by atomic mass is 10.1. The average molecular weight is 324 g/mol. The second kappa shape index (κ2) is 6.50. The predicted molar refractivity (Wildman–Crippen MR) is 83.3 cm³/mol. The lowest BCUT2D eigenvalue weighted by Gasteiger charge is -2.12. The van der Waals surface area contributed by atoms with E-state index in [1.165, 1.54) is 19.8 Å². The zero-order chi connectivity index (χ0) is 13.0. The minimum atomic E-state index is 0.422. The number of thiophene rings is 1. The van der Waals surface area contributed by atoms with Gasteiger partial charge in [0.1, 0.15) is 0 Å². The van der Waals surface area contributed by atoms with Gasteiger partial charge in [-0.2, -0.15) is 0 Å². The summed E-state index contributed by atoms with van der Waals surface area (Å²) in [6, 6.07) is 13.3. The Hall–Kier alpha value is -0.640. The Balaban J connectivity index is 1.84. The third kappa shape index (κ3) is 3.67. The van der Waals surface area contributed by atoms with Crippen LogP contribution >= 0.6 is 27.3 Å². The van der Waals surface area contributed by atoms with Crippen molar-refractivity contribution in [1.82, 2.24) is 5.32 Å².